The number of amides is 1. The van der Waals surface area contributed by atoms with E-state index in [0.717, 1.165) is 4.57 Å². The highest BCUT2D eigenvalue weighted by Gasteiger charge is 2.40. The summed E-state index contributed by atoms with van der Waals surface area (Å²) in [4.78, 5) is 37.0. The van der Waals surface area contributed by atoms with Crippen LogP contribution in [0.1, 0.15) is 17.0 Å². The molecule has 0 radical (unpaired) electrons. The summed E-state index contributed by atoms with van der Waals surface area (Å²) in [7, 11) is 2.86. The molecule has 7 nitrogen and oxygen atoms in total. The zero-order chi connectivity index (χ0) is 16.7. The summed E-state index contributed by atoms with van der Waals surface area (Å²) in [5, 5.41) is 11.9. The van der Waals surface area contributed by atoms with E-state index in [1.54, 1.807) is 24.3 Å². The number of rotatable bonds is 1. The first-order valence-corrected chi connectivity index (χ1v) is 7.02. The van der Waals surface area contributed by atoms with Crippen LogP contribution in [-0.4, -0.2) is 15.0 Å². The number of aromatic nitrogens is 2. The van der Waals surface area contributed by atoms with Crippen LogP contribution >= 0.6 is 0 Å². The van der Waals surface area contributed by atoms with E-state index in [-0.39, 0.29) is 11.4 Å². The van der Waals surface area contributed by atoms with Gasteiger partial charge >= 0.3 is 5.69 Å². The summed E-state index contributed by atoms with van der Waals surface area (Å²) in [6.45, 7) is 0. The number of hydrogen-bond donors (Lipinski definition) is 1. The van der Waals surface area contributed by atoms with Crippen LogP contribution in [0.4, 0.5) is 5.82 Å². The third-order valence-corrected chi connectivity index (χ3v) is 4.17. The second-order valence-electron chi connectivity index (χ2n) is 5.45. The summed E-state index contributed by atoms with van der Waals surface area (Å²) in [6, 6.07) is 10.9. The van der Waals surface area contributed by atoms with Crippen molar-refractivity contribution in [2.24, 2.45) is 20.0 Å². The van der Waals surface area contributed by atoms with Crippen LogP contribution in [0.15, 0.2) is 39.9 Å². The molecule has 0 saturated heterocycles. The average Bonchev–Trinajstić information content (AvgIpc) is 2.57. The molecule has 1 aliphatic rings. The van der Waals surface area contributed by atoms with Gasteiger partial charge in [-0.2, -0.15) is 5.26 Å². The number of fused-ring (bicyclic) bond motifs is 1. The summed E-state index contributed by atoms with van der Waals surface area (Å²) in [5.41, 5.74) is -0.0914. The predicted octanol–water partition coefficient (Wildman–Crippen LogP) is 0.308. The first-order chi connectivity index (χ1) is 11.0. The van der Waals surface area contributed by atoms with Crippen LogP contribution in [0.2, 0.25) is 0 Å². The summed E-state index contributed by atoms with van der Waals surface area (Å²) in [6.07, 6.45) is 0. The Kier molecular flexibility index (Phi) is 3.37. The topological polar surface area (TPSA) is 96.9 Å². The van der Waals surface area contributed by atoms with Crippen molar-refractivity contribution in [2.45, 2.75) is 5.92 Å². The Morgan fingerprint density at radius 3 is 2.35 bits per heavy atom. The SMILES string of the molecule is Cn1c2c(c(=O)n(C)c1=O)[C@H](c1ccccc1)[C@@H](C#N)C(=O)N2. The monoisotopic (exact) mass is 310 g/mol. The summed E-state index contributed by atoms with van der Waals surface area (Å²) in [5.74, 6) is -2.11. The maximum absolute atomic E-state index is 12.6. The van der Waals surface area contributed by atoms with Gasteiger partial charge in [-0.05, 0) is 5.56 Å². The highest BCUT2D eigenvalue weighted by Crippen LogP contribution is 2.37. The molecule has 7 heteroatoms. The van der Waals surface area contributed by atoms with Crippen molar-refractivity contribution in [3.8, 4) is 6.07 Å². The fraction of sp³-hybridized carbons (Fsp3) is 0.250. The van der Waals surface area contributed by atoms with Gasteiger partial charge in [0.1, 0.15) is 11.7 Å². The van der Waals surface area contributed by atoms with E-state index in [9.17, 15) is 19.6 Å². The van der Waals surface area contributed by atoms with Crippen molar-refractivity contribution in [3.63, 3.8) is 0 Å². The van der Waals surface area contributed by atoms with Gasteiger partial charge in [0.25, 0.3) is 5.56 Å². The zero-order valence-electron chi connectivity index (χ0n) is 12.6. The Labute approximate surface area is 131 Å². The van der Waals surface area contributed by atoms with E-state index in [1.165, 1.54) is 18.7 Å². The highest BCUT2D eigenvalue weighted by atomic mass is 16.2. The molecule has 0 spiro atoms. The smallest absolute Gasteiger partial charge is 0.310 e. The second-order valence-corrected chi connectivity index (χ2v) is 5.45. The van der Waals surface area contributed by atoms with Crippen LogP contribution in [0.25, 0.3) is 0 Å². The van der Waals surface area contributed by atoms with Gasteiger partial charge in [-0.3, -0.25) is 18.7 Å². The number of anilines is 1. The number of carbonyl (C=O) groups excluding carboxylic acids is 1. The fourth-order valence-electron chi connectivity index (χ4n) is 2.97. The van der Waals surface area contributed by atoms with E-state index < -0.39 is 29.0 Å². The maximum atomic E-state index is 12.6. The number of benzene rings is 1. The molecular formula is C16H14N4O3. The minimum atomic E-state index is -1.03. The Bertz CT molecular complexity index is 950. The molecule has 1 N–H and O–H groups in total. The van der Waals surface area contributed by atoms with E-state index in [4.69, 9.17) is 0 Å². The van der Waals surface area contributed by atoms with Crippen molar-refractivity contribution >= 4 is 11.7 Å². The third-order valence-electron chi connectivity index (χ3n) is 4.17. The molecule has 1 amide bonds. The predicted molar refractivity (Wildman–Crippen MR) is 82.9 cm³/mol. The summed E-state index contributed by atoms with van der Waals surface area (Å²) >= 11 is 0. The van der Waals surface area contributed by atoms with Crippen LogP contribution in [0.3, 0.4) is 0 Å². The quantitative estimate of drug-likeness (QED) is 0.819. The molecule has 1 aliphatic heterocycles. The van der Waals surface area contributed by atoms with Crippen molar-refractivity contribution < 1.29 is 4.79 Å². The Hall–Kier alpha value is -3.14. The van der Waals surface area contributed by atoms with Crippen molar-refractivity contribution in [3.05, 3.63) is 62.3 Å². The van der Waals surface area contributed by atoms with Crippen molar-refractivity contribution in [2.75, 3.05) is 5.32 Å². The lowest BCUT2D eigenvalue weighted by Gasteiger charge is -2.30. The van der Waals surface area contributed by atoms with Crippen LogP contribution in [0, 0.1) is 17.2 Å². The average molecular weight is 310 g/mol. The molecule has 0 fully saturated rings. The highest BCUT2D eigenvalue weighted by molar-refractivity contribution is 5.97. The molecule has 0 bridgehead atoms. The zero-order valence-corrected chi connectivity index (χ0v) is 12.6. The fourth-order valence-corrected chi connectivity index (χ4v) is 2.97. The number of hydrogen-bond acceptors (Lipinski definition) is 4. The first kappa shape index (κ1) is 14.8. The van der Waals surface area contributed by atoms with Gasteiger partial charge in [-0.15, -0.1) is 0 Å². The molecule has 116 valence electrons. The normalized spacial score (nSPS) is 19.6. The Morgan fingerprint density at radius 2 is 1.74 bits per heavy atom. The molecule has 1 aromatic heterocycles. The third kappa shape index (κ3) is 2.07. The van der Waals surface area contributed by atoms with Gasteiger partial charge in [0.2, 0.25) is 5.91 Å². The molecule has 2 heterocycles. The Morgan fingerprint density at radius 1 is 1.09 bits per heavy atom. The molecule has 0 unspecified atom stereocenters. The lowest BCUT2D eigenvalue weighted by molar-refractivity contribution is -0.119. The van der Waals surface area contributed by atoms with Gasteiger partial charge in [0.15, 0.2) is 0 Å². The van der Waals surface area contributed by atoms with Gasteiger partial charge in [-0.25, -0.2) is 4.79 Å². The van der Waals surface area contributed by atoms with Crippen molar-refractivity contribution in [1.29, 1.82) is 5.26 Å². The largest absolute Gasteiger partial charge is 0.332 e. The van der Waals surface area contributed by atoms with E-state index in [1.807, 2.05) is 12.1 Å². The van der Waals surface area contributed by atoms with Gasteiger partial charge in [0.05, 0.1) is 11.6 Å². The van der Waals surface area contributed by atoms with E-state index >= 15 is 0 Å². The second kappa shape index (κ2) is 5.25. The van der Waals surface area contributed by atoms with Crippen LogP contribution in [0.5, 0.6) is 0 Å². The minimum absolute atomic E-state index is 0.156. The van der Waals surface area contributed by atoms with E-state index in [0.29, 0.717) is 5.56 Å². The van der Waals surface area contributed by atoms with Crippen LogP contribution < -0.4 is 16.6 Å². The number of nitrogens with one attached hydrogen (secondary N) is 1. The molecule has 0 aliphatic carbocycles. The van der Waals surface area contributed by atoms with Gasteiger partial charge < -0.3 is 5.32 Å². The molecule has 2 aromatic rings. The Balaban J connectivity index is 2.41. The number of carbonyl (C=O) groups is 1. The number of nitrogens with zero attached hydrogens (tertiary/aromatic N) is 3. The standard InChI is InChI=1S/C16H14N4O3/c1-19-13-12(15(22)20(2)16(19)23)11(9-6-4-3-5-7-9)10(8-17)14(21)18-13/h3-7,10-11H,1-2H3,(H,18,21)/t10-,11-/m1/s1. The molecule has 23 heavy (non-hydrogen) atoms. The van der Waals surface area contributed by atoms with Gasteiger partial charge in [0, 0.05) is 20.0 Å². The van der Waals surface area contributed by atoms with Gasteiger partial charge in [-0.1, -0.05) is 30.3 Å². The first-order valence-electron chi connectivity index (χ1n) is 7.02. The lowest BCUT2D eigenvalue weighted by atomic mass is 9.79. The minimum Gasteiger partial charge on any atom is -0.310 e. The molecular weight excluding hydrogens is 296 g/mol. The van der Waals surface area contributed by atoms with E-state index in [2.05, 4.69) is 5.32 Å². The molecule has 3 rings (SSSR count). The summed E-state index contributed by atoms with van der Waals surface area (Å²) < 4.78 is 2.21. The maximum Gasteiger partial charge on any atom is 0.332 e. The molecule has 2 atom stereocenters. The van der Waals surface area contributed by atoms with Crippen molar-refractivity contribution in [1.82, 2.24) is 9.13 Å². The number of nitriles is 1. The lowest BCUT2D eigenvalue weighted by Crippen LogP contribution is -2.46. The molecule has 0 saturated carbocycles. The molecule has 1 aromatic carbocycles. The van der Waals surface area contributed by atoms with Crippen LogP contribution in [-0.2, 0) is 18.9 Å².